The Morgan fingerprint density at radius 3 is 2.06 bits per heavy atom. The number of hydrogen-bond donors (Lipinski definition) is 2. The van der Waals surface area contributed by atoms with Crippen molar-refractivity contribution in [2.45, 2.75) is 11.8 Å². The minimum absolute atomic E-state index is 0.0686. The maximum atomic E-state index is 13.1. The molecule has 0 fully saturated rings. The van der Waals surface area contributed by atoms with Gasteiger partial charge in [0.1, 0.15) is 0 Å². The van der Waals surface area contributed by atoms with E-state index in [-0.39, 0.29) is 17.0 Å². The fourth-order valence-corrected chi connectivity index (χ4v) is 5.10. The van der Waals surface area contributed by atoms with Gasteiger partial charge in [0.2, 0.25) is 10.0 Å². The number of nitrogens with one attached hydrogen (secondary N) is 2. The van der Waals surface area contributed by atoms with E-state index < -0.39 is 26.0 Å². The van der Waals surface area contributed by atoms with Gasteiger partial charge in [-0.2, -0.15) is 0 Å². The van der Waals surface area contributed by atoms with Crippen LogP contribution in [-0.2, 0) is 20.0 Å². The Bertz CT molecular complexity index is 1310. The summed E-state index contributed by atoms with van der Waals surface area (Å²) in [6, 6.07) is 20.7. The van der Waals surface area contributed by atoms with Gasteiger partial charge in [-0.1, -0.05) is 24.3 Å². The first-order valence-electron chi connectivity index (χ1n) is 9.67. The summed E-state index contributed by atoms with van der Waals surface area (Å²) >= 11 is 0. The molecule has 0 saturated carbocycles. The van der Waals surface area contributed by atoms with E-state index in [2.05, 4.69) is 10.0 Å². The predicted molar refractivity (Wildman–Crippen MR) is 126 cm³/mol. The summed E-state index contributed by atoms with van der Waals surface area (Å²) in [5.74, 6) is -0.458. The molecule has 0 aromatic heterocycles. The maximum Gasteiger partial charge on any atom is 0.264 e. The lowest BCUT2D eigenvalue weighted by Crippen LogP contribution is -2.30. The van der Waals surface area contributed by atoms with E-state index in [9.17, 15) is 21.6 Å². The number of hydrogen-bond acceptors (Lipinski definition) is 5. The molecule has 3 aromatic rings. The van der Waals surface area contributed by atoms with E-state index in [4.69, 9.17) is 0 Å². The molecule has 0 saturated heterocycles. The normalized spacial score (nSPS) is 11.6. The average Bonchev–Trinajstić information content (AvgIpc) is 2.74. The lowest BCUT2D eigenvalue weighted by molar-refractivity contribution is 0.102. The van der Waals surface area contributed by atoms with E-state index >= 15 is 0 Å². The zero-order valence-corrected chi connectivity index (χ0v) is 19.2. The Balaban J connectivity index is 1.78. The number of rotatable bonds is 8. The second-order valence-corrected chi connectivity index (χ2v) is 10.5. The fraction of sp³-hybridized carbons (Fsp3) is 0.136. The van der Waals surface area contributed by atoms with E-state index in [1.54, 1.807) is 49.4 Å². The molecule has 0 aliphatic heterocycles. The highest BCUT2D eigenvalue weighted by atomic mass is 32.2. The van der Waals surface area contributed by atoms with Crippen LogP contribution in [0.1, 0.15) is 17.3 Å². The third-order valence-corrected chi connectivity index (χ3v) is 6.98. The molecular weight excluding hydrogens is 450 g/mol. The van der Waals surface area contributed by atoms with Crippen LogP contribution < -0.4 is 14.3 Å². The SMILES string of the molecule is CCN(c1ccccc1)S(=O)(=O)c1ccc(C(=O)Nc2cccc(NS(C)(=O)=O)c2)cc1. The predicted octanol–water partition coefficient (Wildman–Crippen LogP) is 3.53. The average molecular weight is 474 g/mol. The summed E-state index contributed by atoms with van der Waals surface area (Å²) in [6.07, 6.45) is 1.03. The van der Waals surface area contributed by atoms with Gasteiger partial charge in [-0.15, -0.1) is 0 Å². The van der Waals surface area contributed by atoms with Crippen LogP contribution in [0.15, 0.2) is 83.8 Å². The molecule has 32 heavy (non-hydrogen) atoms. The molecule has 0 heterocycles. The van der Waals surface area contributed by atoms with Crippen LogP contribution in [0, 0.1) is 0 Å². The highest BCUT2D eigenvalue weighted by molar-refractivity contribution is 7.93. The molecule has 8 nitrogen and oxygen atoms in total. The van der Waals surface area contributed by atoms with Crippen LogP contribution >= 0.6 is 0 Å². The number of para-hydroxylation sites is 1. The van der Waals surface area contributed by atoms with Crippen LogP contribution in [0.5, 0.6) is 0 Å². The van der Waals surface area contributed by atoms with Gasteiger partial charge in [0.25, 0.3) is 15.9 Å². The quantitative estimate of drug-likeness (QED) is 0.520. The second-order valence-electron chi connectivity index (χ2n) is 6.94. The molecule has 0 atom stereocenters. The van der Waals surface area contributed by atoms with E-state index in [0.29, 0.717) is 17.1 Å². The zero-order chi connectivity index (χ0) is 23.4. The van der Waals surface area contributed by atoms with Gasteiger partial charge in [0, 0.05) is 17.8 Å². The Hall–Kier alpha value is -3.37. The minimum atomic E-state index is -3.79. The van der Waals surface area contributed by atoms with Crippen molar-refractivity contribution in [2.75, 3.05) is 27.1 Å². The summed E-state index contributed by atoms with van der Waals surface area (Å²) in [5, 5.41) is 2.67. The van der Waals surface area contributed by atoms with Crippen molar-refractivity contribution in [3.63, 3.8) is 0 Å². The number of sulfonamides is 2. The first kappa shape index (κ1) is 23.3. The van der Waals surface area contributed by atoms with Crippen LogP contribution in [0.2, 0.25) is 0 Å². The standard InChI is InChI=1S/C22H23N3O5S2/c1-3-25(20-10-5-4-6-11-20)32(29,30)21-14-12-17(13-15-21)22(26)23-18-8-7-9-19(16-18)24-31(2,27)28/h4-16,24H,3H2,1-2H3,(H,23,26). The molecule has 0 bridgehead atoms. The summed E-state index contributed by atoms with van der Waals surface area (Å²) in [7, 11) is -7.24. The molecule has 1 amide bonds. The van der Waals surface area contributed by atoms with E-state index in [1.165, 1.54) is 34.6 Å². The van der Waals surface area contributed by atoms with Crippen LogP contribution in [0.25, 0.3) is 0 Å². The number of anilines is 3. The molecule has 0 unspecified atom stereocenters. The molecule has 0 aliphatic carbocycles. The summed E-state index contributed by atoms with van der Waals surface area (Å²) in [4.78, 5) is 12.6. The zero-order valence-electron chi connectivity index (χ0n) is 17.5. The number of carbonyl (C=O) groups excluding carboxylic acids is 1. The van der Waals surface area contributed by atoms with Crippen LogP contribution in [-0.4, -0.2) is 35.5 Å². The number of carbonyl (C=O) groups is 1. The van der Waals surface area contributed by atoms with E-state index in [1.807, 2.05) is 6.07 Å². The molecular formula is C22H23N3O5S2. The lowest BCUT2D eigenvalue weighted by atomic mass is 10.2. The summed E-state index contributed by atoms with van der Waals surface area (Å²) < 4.78 is 52.5. The van der Waals surface area contributed by atoms with Gasteiger partial charge in [-0.05, 0) is 61.5 Å². The van der Waals surface area contributed by atoms with Gasteiger partial charge in [0.15, 0.2) is 0 Å². The Labute approximate surface area is 188 Å². The molecule has 0 spiro atoms. The van der Waals surface area contributed by atoms with Gasteiger partial charge < -0.3 is 5.32 Å². The van der Waals surface area contributed by atoms with Gasteiger partial charge in [0.05, 0.1) is 22.5 Å². The first-order valence-corrected chi connectivity index (χ1v) is 13.0. The van der Waals surface area contributed by atoms with Gasteiger partial charge >= 0.3 is 0 Å². The minimum Gasteiger partial charge on any atom is -0.322 e. The van der Waals surface area contributed by atoms with Gasteiger partial charge in [-0.3, -0.25) is 13.8 Å². The van der Waals surface area contributed by atoms with Crippen molar-refractivity contribution >= 4 is 43.0 Å². The molecule has 3 aromatic carbocycles. The van der Waals surface area contributed by atoms with Crippen molar-refractivity contribution in [1.82, 2.24) is 0 Å². The van der Waals surface area contributed by atoms with Crippen molar-refractivity contribution in [1.29, 1.82) is 0 Å². The maximum absolute atomic E-state index is 13.1. The Kier molecular flexibility index (Phi) is 6.85. The van der Waals surface area contributed by atoms with Crippen LogP contribution in [0.3, 0.4) is 0 Å². The summed E-state index contributed by atoms with van der Waals surface area (Å²) in [5.41, 5.74) is 1.52. The molecule has 168 valence electrons. The first-order chi connectivity index (χ1) is 15.1. The summed E-state index contributed by atoms with van der Waals surface area (Å²) in [6.45, 7) is 2.01. The van der Waals surface area contributed by atoms with Crippen molar-refractivity contribution in [3.8, 4) is 0 Å². The second kappa shape index (κ2) is 9.41. The third-order valence-electron chi connectivity index (χ3n) is 4.46. The highest BCUT2D eigenvalue weighted by Gasteiger charge is 2.23. The Morgan fingerprint density at radius 2 is 1.47 bits per heavy atom. The Morgan fingerprint density at radius 1 is 0.844 bits per heavy atom. The molecule has 2 N–H and O–H groups in total. The van der Waals surface area contributed by atoms with Crippen LogP contribution in [0.4, 0.5) is 17.1 Å². The van der Waals surface area contributed by atoms with Crippen molar-refractivity contribution in [2.24, 2.45) is 0 Å². The van der Waals surface area contributed by atoms with Crippen molar-refractivity contribution in [3.05, 3.63) is 84.4 Å². The third kappa shape index (κ3) is 5.65. The topological polar surface area (TPSA) is 113 Å². The molecule has 10 heteroatoms. The number of benzene rings is 3. The lowest BCUT2D eigenvalue weighted by Gasteiger charge is -2.23. The molecule has 3 rings (SSSR count). The fourth-order valence-electron chi connectivity index (χ4n) is 3.07. The monoisotopic (exact) mass is 473 g/mol. The smallest absolute Gasteiger partial charge is 0.264 e. The van der Waals surface area contributed by atoms with Crippen molar-refractivity contribution < 1.29 is 21.6 Å². The molecule has 0 aliphatic rings. The molecule has 0 radical (unpaired) electrons. The largest absolute Gasteiger partial charge is 0.322 e. The number of nitrogens with zero attached hydrogens (tertiary/aromatic N) is 1. The van der Waals surface area contributed by atoms with Gasteiger partial charge in [-0.25, -0.2) is 16.8 Å². The number of amides is 1. The highest BCUT2D eigenvalue weighted by Crippen LogP contribution is 2.24. The van der Waals surface area contributed by atoms with E-state index in [0.717, 1.165) is 6.26 Å².